The number of carbonyl (C=O) groups is 1. The van der Waals surface area contributed by atoms with Crippen LogP contribution in [0.2, 0.25) is 25.7 Å². The predicted octanol–water partition coefficient (Wildman–Crippen LogP) is 4.31. The molecule has 1 saturated carbocycles. The molecule has 142 valence electrons. The van der Waals surface area contributed by atoms with Crippen LogP contribution in [0.15, 0.2) is 6.20 Å². The molecule has 0 radical (unpaired) electrons. The van der Waals surface area contributed by atoms with Crippen molar-refractivity contribution in [2.75, 3.05) is 6.61 Å². The van der Waals surface area contributed by atoms with Crippen LogP contribution in [0.5, 0.6) is 0 Å². The Bertz CT molecular complexity index is 616. The Balaban J connectivity index is 1.93. The maximum absolute atomic E-state index is 12.1. The summed E-state index contributed by atoms with van der Waals surface area (Å²) in [5.41, 5.74) is 0.000762. The summed E-state index contributed by atoms with van der Waals surface area (Å²) in [6, 6.07) is 1.15. The minimum Gasteiger partial charge on any atom is -0.444 e. The molecule has 1 aromatic heterocycles. The van der Waals surface area contributed by atoms with E-state index in [0.29, 0.717) is 6.73 Å². The number of aromatic nitrogens is 2. The van der Waals surface area contributed by atoms with Crippen LogP contribution >= 0.6 is 22.6 Å². The number of hydrogen-bond donors (Lipinski definition) is 1. The number of hydrogen-bond acceptors (Lipinski definition) is 4. The van der Waals surface area contributed by atoms with Crippen LogP contribution in [0, 0.1) is 3.83 Å². The number of nitrogens with zero attached hydrogens (tertiary/aromatic N) is 2. The van der Waals surface area contributed by atoms with Gasteiger partial charge in [0.25, 0.3) is 0 Å². The van der Waals surface area contributed by atoms with E-state index in [1.165, 1.54) is 0 Å². The number of alkyl carbamates (subject to hydrolysis) is 1. The number of imidazole rings is 1. The van der Waals surface area contributed by atoms with Crippen molar-refractivity contribution in [1.82, 2.24) is 14.9 Å². The van der Waals surface area contributed by atoms with E-state index in [9.17, 15) is 4.79 Å². The van der Waals surface area contributed by atoms with E-state index >= 15 is 0 Å². The molecule has 0 unspecified atom stereocenters. The predicted molar refractivity (Wildman–Crippen MR) is 109 cm³/mol. The first kappa shape index (κ1) is 20.7. The van der Waals surface area contributed by atoms with E-state index in [-0.39, 0.29) is 11.6 Å². The highest BCUT2D eigenvalue weighted by Crippen LogP contribution is 2.45. The van der Waals surface area contributed by atoms with E-state index in [4.69, 9.17) is 9.47 Å². The zero-order chi connectivity index (χ0) is 18.9. The number of nitrogens with one attached hydrogen (secondary N) is 1. The first-order valence-corrected chi connectivity index (χ1v) is 13.5. The molecule has 0 aliphatic heterocycles. The fourth-order valence-corrected chi connectivity index (χ4v) is 3.62. The third-order valence-corrected chi connectivity index (χ3v) is 6.50. The zero-order valence-corrected chi connectivity index (χ0v) is 19.3. The molecule has 0 saturated heterocycles. The van der Waals surface area contributed by atoms with Crippen LogP contribution in [0.3, 0.4) is 0 Å². The maximum atomic E-state index is 12.1. The first-order valence-electron chi connectivity index (χ1n) is 8.72. The number of halogens is 1. The lowest BCUT2D eigenvalue weighted by atomic mass is 10.2. The third-order valence-electron chi connectivity index (χ3n) is 3.94. The minimum atomic E-state index is -1.08. The zero-order valence-electron chi connectivity index (χ0n) is 16.1. The molecule has 25 heavy (non-hydrogen) atoms. The van der Waals surface area contributed by atoms with Gasteiger partial charge in [-0.05, 0) is 39.7 Å². The van der Waals surface area contributed by atoms with Crippen LogP contribution in [-0.4, -0.2) is 35.9 Å². The molecule has 1 amide bonds. The molecule has 1 fully saturated rings. The van der Waals surface area contributed by atoms with Gasteiger partial charge in [-0.2, -0.15) is 0 Å². The van der Waals surface area contributed by atoms with Crippen molar-refractivity contribution >= 4 is 36.8 Å². The maximum Gasteiger partial charge on any atom is 0.408 e. The molecule has 0 spiro atoms. The van der Waals surface area contributed by atoms with Gasteiger partial charge in [0.15, 0.2) is 3.83 Å². The van der Waals surface area contributed by atoms with Gasteiger partial charge in [0.05, 0.1) is 11.2 Å². The van der Waals surface area contributed by atoms with Crippen LogP contribution < -0.4 is 5.32 Å². The number of amides is 1. The Morgan fingerprint density at radius 2 is 2.04 bits per heavy atom. The van der Waals surface area contributed by atoms with Crippen molar-refractivity contribution in [2.24, 2.45) is 0 Å². The monoisotopic (exact) mass is 479 g/mol. The highest BCUT2D eigenvalue weighted by molar-refractivity contribution is 14.1. The van der Waals surface area contributed by atoms with E-state index in [1.807, 2.05) is 31.5 Å². The topological polar surface area (TPSA) is 65.4 Å². The highest BCUT2D eigenvalue weighted by atomic mass is 127. The SMILES string of the molecule is CC(C)(C)OC(=O)NC1(c2cn(COCC[Si](C)(C)C)c(I)n2)CC1. The average molecular weight is 479 g/mol. The lowest BCUT2D eigenvalue weighted by Crippen LogP contribution is -2.39. The fourth-order valence-electron chi connectivity index (χ4n) is 2.32. The Labute approximate surface area is 165 Å². The Morgan fingerprint density at radius 3 is 2.56 bits per heavy atom. The first-order chi connectivity index (χ1) is 11.4. The smallest absolute Gasteiger partial charge is 0.408 e. The molecule has 0 atom stereocenters. The lowest BCUT2D eigenvalue weighted by molar-refractivity contribution is 0.0494. The van der Waals surface area contributed by atoms with Crippen LogP contribution in [0.4, 0.5) is 4.79 Å². The van der Waals surface area contributed by atoms with Gasteiger partial charge in [-0.25, -0.2) is 9.78 Å². The molecule has 1 N–H and O–H groups in total. The summed E-state index contributed by atoms with van der Waals surface area (Å²) in [4.78, 5) is 16.7. The van der Waals surface area contributed by atoms with Gasteiger partial charge in [0.2, 0.25) is 0 Å². The van der Waals surface area contributed by atoms with Gasteiger partial charge in [0, 0.05) is 43.5 Å². The summed E-state index contributed by atoms with van der Waals surface area (Å²) in [6.45, 7) is 13.9. The van der Waals surface area contributed by atoms with Crippen molar-refractivity contribution in [2.45, 2.75) is 77.2 Å². The van der Waals surface area contributed by atoms with Gasteiger partial charge in [-0.15, -0.1) is 0 Å². The normalized spacial score (nSPS) is 16.6. The van der Waals surface area contributed by atoms with Gasteiger partial charge < -0.3 is 19.4 Å². The van der Waals surface area contributed by atoms with E-state index in [0.717, 1.165) is 35.0 Å². The van der Waals surface area contributed by atoms with Gasteiger partial charge >= 0.3 is 6.09 Å². The van der Waals surface area contributed by atoms with Gasteiger partial charge in [0.1, 0.15) is 12.3 Å². The van der Waals surface area contributed by atoms with Crippen molar-refractivity contribution in [3.05, 3.63) is 15.7 Å². The molecule has 1 aromatic rings. The van der Waals surface area contributed by atoms with Gasteiger partial charge in [-0.3, -0.25) is 0 Å². The minimum absolute atomic E-state index is 0.383. The second-order valence-corrected chi connectivity index (χ2v) is 15.5. The van der Waals surface area contributed by atoms with Gasteiger partial charge in [-0.1, -0.05) is 19.6 Å². The quantitative estimate of drug-likeness (QED) is 0.360. The summed E-state index contributed by atoms with van der Waals surface area (Å²) in [5.74, 6) is 0. The Morgan fingerprint density at radius 1 is 1.40 bits per heavy atom. The highest BCUT2D eigenvalue weighted by Gasteiger charge is 2.48. The molecule has 2 rings (SSSR count). The molecule has 0 aromatic carbocycles. The average Bonchev–Trinajstić information content (AvgIpc) is 3.08. The summed E-state index contributed by atoms with van der Waals surface area (Å²) >= 11 is 2.21. The summed E-state index contributed by atoms with van der Waals surface area (Å²) in [6.07, 6.45) is 3.37. The van der Waals surface area contributed by atoms with E-state index < -0.39 is 13.7 Å². The molecule has 0 bridgehead atoms. The number of rotatable bonds is 7. The Hall–Kier alpha value is -0.613. The second-order valence-electron chi connectivity index (χ2n) is 8.92. The van der Waals surface area contributed by atoms with Crippen LogP contribution in [0.25, 0.3) is 0 Å². The number of ether oxygens (including phenoxy) is 2. The summed E-state index contributed by atoms with van der Waals surface area (Å²) < 4.78 is 14.1. The van der Waals surface area contributed by atoms with Crippen molar-refractivity contribution in [3.63, 3.8) is 0 Å². The summed E-state index contributed by atoms with van der Waals surface area (Å²) in [7, 11) is -1.08. The van der Waals surface area contributed by atoms with Crippen molar-refractivity contribution in [3.8, 4) is 0 Å². The molecule has 1 aliphatic rings. The number of carbonyl (C=O) groups excluding carboxylic acids is 1. The second kappa shape index (κ2) is 7.56. The van der Waals surface area contributed by atoms with Crippen LogP contribution in [0.1, 0.15) is 39.3 Å². The molecular weight excluding hydrogens is 449 g/mol. The van der Waals surface area contributed by atoms with E-state index in [2.05, 4.69) is 52.5 Å². The fraction of sp³-hybridized carbons (Fsp3) is 0.765. The van der Waals surface area contributed by atoms with Crippen molar-refractivity contribution in [1.29, 1.82) is 0 Å². The molecular formula is C17H30IN3O3Si. The lowest BCUT2D eigenvalue weighted by Gasteiger charge is -2.22. The molecule has 6 nitrogen and oxygen atoms in total. The molecule has 8 heteroatoms. The Kier molecular flexibility index (Phi) is 6.25. The van der Waals surface area contributed by atoms with Crippen molar-refractivity contribution < 1.29 is 14.3 Å². The summed E-state index contributed by atoms with van der Waals surface area (Å²) in [5, 5.41) is 2.99. The molecule has 1 aliphatic carbocycles. The third kappa shape index (κ3) is 6.56. The standard InChI is InChI=1S/C17H30IN3O3Si/c1-16(2,3)24-15(22)20-17(7-8-17)13-11-21(14(18)19-13)12-23-9-10-25(4,5)6/h11H,7-10,12H2,1-6H3,(H,20,22). The molecule has 1 heterocycles. The van der Waals surface area contributed by atoms with Crippen LogP contribution in [-0.2, 0) is 21.7 Å². The largest absolute Gasteiger partial charge is 0.444 e. The van der Waals surface area contributed by atoms with E-state index in [1.54, 1.807) is 0 Å².